The smallest absolute Gasteiger partial charge is 0.341 e. The van der Waals surface area contributed by atoms with E-state index in [9.17, 15) is 14.4 Å². The lowest BCUT2D eigenvalue weighted by Crippen LogP contribution is -2.16. The van der Waals surface area contributed by atoms with Crippen LogP contribution in [0.15, 0.2) is 24.3 Å². The predicted molar refractivity (Wildman–Crippen MR) is 125 cm³/mol. The number of hydrogen-bond acceptors (Lipinski definition) is 8. The van der Waals surface area contributed by atoms with Crippen LogP contribution in [0.1, 0.15) is 52.0 Å². The molecule has 0 saturated heterocycles. The Morgan fingerprint density at radius 1 is 1.15 bits per heavy atom. The molecule has 0 spiro atoms. The van der Waals surface area contributed by atoms with E-state index in [-0.39, 0.29) is 5.56 Å². The summed E-state index contributed by atoms with van der Waals surface area (Å²) in [6, 6.07) is 5.38. The van der Waals surface area contributed by atoms with Crippen molar-refractivity contribution in [1.82, 2.24) is 0 Å². The number of rotatable bonds is 9. The summed E-state index contributed by atoms with van der Waals surface area (Å²) in [5.74, 6) is -0.762. The number of hydrogen-bond donors (Lipinski definition) is 1. The molecule has 1 heterocycles. The SMILES string of the molecule is CCCOc1ccc(/C=C/C(=O)Nc2sc3c(c2C(=O)OC)C(C(=O)OC)CC3)cc1OC. The third-order valence-electron chi connectivity index (χ3n) is 5.22. The standard InChI is InChI=1S/C24H27NO7S/c1-5-12-32-16-9-6-14(13-17(16)29-2)7-11-19(26)25-22-21(24(28)31-4)20-15(23(27)30-3)8-10-18(20)33-22/h6-7,9,11,13,15H,5,8,10,12H2,1-4H3,(H,25,26)/b11-7+. The third-order valence-corrected chi connectivity index (χ3v) is 6.40. The van der Waals surface area contributed by atoms with Crippen LogP contribution >= 0.6 is 11.3 Å². The van der Waals surface area contributed by atoms with Gasteiger partial charge in [0, 0.05) is 11.0 Å². The zero-order valence-corrected chi connectivity index (χ0v) is 19.9. The molecule has 0 bridgehead atoms. The molecule has 0 fully saturated rings. The highest BCUT2D eigenvalue weighted by Gasteiger charge is 2.38. The highest BCUT2D eigenvalue weighted by atomic mass is 32.1. The van der Waals surface area contributed by atoms with E-state index in [4.69, 9.17) is 18.9 Å². The van der Waals surface area contributed by atoms with Crippen molar-refractivity contribution in [1.29, 1.82) is 0 Å². The molecule has 1 amide bonds. The second kappa shape index (κ2) is 11.0. The molecule has 176 valence electrons. The van der Waals surface area contributed by atoms with Crippen molar-refractivity contribution >= 4 is 40.3 Å². The van der Waals surface area contributed by atoms with Crippen molar-refractivity contribution in [3.63, 3.8) is 0 Å². The van der Waals surface area contributed by atoms with Gasteiger partial charge in [-0.25, -0.2) is 4.79 Å². The molecule has 1 aromatic carbocycles. The number of thiophene rings is 1. The van der Waals surface area contributed by atoms with Gasteiger partial charge in [0.05, 0.1) is 39.4 Å². The van der Waals surface area contributed by atoms with Gasteiger partial charge in [-0.1, -0.05) is 13.0 Å². The summed E-state index contributed by atoms with van der Waals surface area (Å²) in [6.45, 7) is 2.60. The second-order valence-corrected chi connectivity index (χ2v) is 8.44. The lowest BCUT2D eigenvalue weighted by Gasteiger charge is -2.11. The molecule has 1 unspecified atom stereocenters. The molecule has 0 radical (unpaired) electrons. The van der Waals surface area contributed by atoms with Gasteiger partial charge in [-0.3, -0.25) is 9.59 Å². The summed E-state index contributed by atoms with van der Waals surface area (Å²) in [7, 11) is 4.14. The number of benzene rings is 1. The van der Waals surface area contributed by atoms with E-state index in [1.807, 2.05) is 13.0 Å². The summed E-state index contributed by atoms with van der Waals surface area (Å²) in [5.41, 5.74) is 1.55. The van der Waals surface area contributed by atoms with Gasteiger partial charge in [-0.15, -0.1) is 11.3 Å². The van der Waals surface area contributed by atoms with Gasteiger partial charge >= 0.3 is 11.9 Å². The Morgan fingerprint density at radius 3 is 2.61 bits per heavy atom. The van der Waals surface area contributed by atoms with Crippen molar-refractivity contribution in [2.24, 2.45) is 0 Å². The number of aryl methyl sites for hydroxylation is 1. The molecule has 1 aliphatic rings. The maximum Gasteiger partial charge on any atom is 0.341 e. The number of nitrogens with one attached hydrogen (secondary N) is 1. The first-order valence-electron chi connectivity index (χ1n) is 10.5. The summed E-state index contributed by atoms with van der Waals surface area (Å²) in [6.07, 6.45) is 5.07. The molecule has 9 heteroatoms. The van der Waals surface area contributed by atoms with Crippen molar-refractivity contribution in [3.05, 3.63) is 45.8 Å². The van der Waals surface area contributed by atoms with Crippen molar-refractivity contribution < 1.29 is 33.3 Å². The number of anilines is 1. The molecular formula is C24H27NO7S. The largest absolute Gasteiger partial charge is 0.493 e. The van der Waals surface area contributed by atoms with Crippen LogP contribution in [0.5, 0.6) is 11.5 Å². The van der Waals surface area contributed by atoms with E-state index >= 15 is 0 Å². The zero-order chi connectivity index (χ0) is 24.0. The lowest BCUT2D eigenvalue weighted by molar-refractivity contribution is -0.142. The second-order valence-electron chi connectivity index (χ2n) is 7.33. The predicted octanol–water partition coefficient (Wildman–Crippen LogP) is 4.19. The molecule has 1 aliphatic carbocycles. The third kappa shape index (κ3) is 5.36. The first-order valence-corrected chi connectivity index (χ1v) is 11.4. The Morgan fingerprint density at radius 2 is 1.94 bits per heavy atom. The van der Waals surface area contributed by atoms with E-state index in [0.29, 0.717) is 41.5 Å². The maximum absolute atomic E-state index is 12.6. The highest BCUT2D eigenvalue weighted by molar-refractivity contribution is 7.17. The quantitative estimate of drug-likeness (QED) is 0.431. The summed E-state index contributed by atoms with van der Waals surface area (Å²) in [5, 5.41) is 3.11. The Balaban J connectivity index is 1.80. The van der Waals surface area contributed by atoms with Crippen LogP contribution < -0.4 is 14.8 Å². The first-order chi connectivity index (χ1) is 15.9. The minimum Gasteiger partial charge on any atom is -0.493 e. The van der Waals surface area contributed by atoms with Gasteiger partial charge in [0.25, 0.3) is 0 Å². The number of carbonyl (C=O) groups is 3. The fraction of sp³-hybridized carbons (Fsp3) is 0.375. The first kappa shape index (κ1) is 24.3. The van der Waals surface area contributed by atoms with E-state index < -0.39 is 23.8 Å². The van der Waals surface area contributed by atoms with Crippen LogP contribution in [-0.4, -0.2) is 45.8 Å². The Kier molecular flexibility index (Phi) is 8.11. The van der Waals surface area contributed by atoms with E-state index in [1.165, 1.54) is 31.6 Å². The zero-order valence-electron chi connectivity index (χ0n) is 19.1. The molecule has 2 aromatic rings. The van der Waals surface area contributed by atoms with Crippen LogP contribution in [0.3, 0.4) is 0 Å². The van der Waals surface area contributed by atoms with E-state index in [0.717, 1.165) is 16.9 Å². The number of carbonyl (C=O) groups excluding carboxylic acids is 3. The molecular weight excluding hydrogens is 446 g/mol. The fourth-order valence-electron chi connectivity index (χ4n) is 3.68. The average Bonchev–Trinajstić information content (AvgIpc) is 3.39. The van der Waals surface area contributed by atoms with Gasteiger partial charge in [0.15, 0.2) is 11.5 Å². The molecule has 1 N–H and O–H groups in total. The van der Waals surface area contributed by atoms with E-state index in [1.54, 1.807) is 25.3 Å². The minimum absolute atomic E-state index is 0.214. The van der Waals surface area contributed by atoms with Gasteiger partial charge < -0.3 is 24.3 Å². The monoisotopic (exact) mass is 473 g/mol. The Bertz CT molecular complexity index is 1070. The highest BCUT2D eigenvalue weighted by Crippen LogP contribution is 2.45. The number of fused-ring (bicyclic) bond motifs is 1. The molecule has 0 aliphatic heterocycles. The number of ether oxygens (including phenoxy) is 4. The van der Waals surface area contributed by atoms with Crippen molar-refractivity contribution in [3.8, 4) is 11.5 Å². The lowest BCUT2D eigenvalue weighted by atomic mass is 9.99. The van der Waals surface area contributed by atoms with Crippen LogP contribution in [-0.2, 0) is 25.5 Å². The Hall–Kier alpha value is -3.33. The van der Waals surface area contributed by atoms with Gasteiger partial charge in [0.2, 0.25) is 5.91 Å². The van der Waals surface area contributed by atoms with Crippen LogP contribution in [0.2, 0.25) is 0 Å². The summed E-state index contributed by atoms with van der Waals surface area (Å²) in [4.78, 5) is 38.2. The van der Waals surface area contributed by atoms with Gasteiger partial charge in [-0.05, 0) is 48.6 Å². The van der Waals surface area contributed by atoms with Crippen molar-refractivity contribution in [2.75, 3.05) is 33.3 Å². The van der Waals surface area contributed by atoms with Crippen LogP contribution in [0, 0.1) is 0 Å². The topological polar surface area (TPSA) is 100 Å². The molecule has 3 rings (SSSR count). The normalized spacial score (nSPS) is 14.6. The number of esters is 2. The average molecular weight is 474 g/mol. The number of methoxy groups -OCH3 is 3. The van der Waals surface area contributed by atoms with Crippen LogP contribution in [0.25, 0.3) is 6.08 Å². The van der Waals surface area contributed by atoms with E-state index in [2.05, 4.69) is 5.32 Å². The number of amides is 1. The minimum atomic E-state index is -0.602. The summed E-state index contributed by atoms with van der Waals surface area (Å²) >= 11 is 1.28. The molecule has 33 heavy (non-hydrogen) atoms. The molecule has 1 aromatic heterocycles. The van der Waals surface area contributed by atoms with Gasteiger partial charge in [-0.2, -0.15) is 0 Å². The maximum atomic E-state index is 12.6. The fourth-order valence-corrected chi connectivity index (χ4v) is 4.95. The van der Waals surface area contributed by atoms with Gasteiger partial charge in [0.1, 0.15) is 5.00 Å². The van der Waals surface area contributed by atoms with Crippen LogP contribution in [0.4, 0.5) is 5.00 Å². The summed E-state index contributed by atoms with van der Waals surface area (Å²) < 4.78 is 20.8. The molecule has 1 atom stereocenters. The van der Waals surface area contributed by atoms with Crippen molar-refractivity contribution in [2.45, 2.75) is 32.1 Å². The Labute approximate surface area is 196 Å². The molecule has 8 nitrogen and oxygen atoms in total. The molecule has 0 saturated carbocycles.